The molecule has 0 saturated carbocycles. The highest BCUT2D eigenvalue weighted by atomic mass is 16.2. The van der Waals surface area contributed by atoms with Crippen molar-refractivity contribution >= 4 is 5.91 Å². The van der Waals surface area contributed by atoms with Crippen LogP contribution in [0.3, 0.4) is 0 Å². The van der Waals surface area contributed by atoms with Crippen molar-refractivity contribution in [2.45, 2.75) is 39.7 Å². The molecule has 0 aliphatic carbocycles. The zero-order valence-corrected chi connectivity index (χ0v) is 8.87. The van der Waals surface area contributed by atoms with E-state index >= 15 is 0 Å². The number of nitrogens with zero attached hydrogens (tertiary/aromatic N) is 2. The summed E-state index contributed by atoms with van der Waals surface area (Å²) in [4.78, 5) is 13.2. The van der Waals surface area contributed by atoms with Crippen LogP contribution in [-0.2, 0) is 4.79 Å². The number of nitriles is 1. The maximum Gasteiger partial charge on any atom is 0.239 e. The van der Waals surface area contributed by atoms with Gasteiger partial charge in [0.2, 0.25) is 5.91 Å². The highest BCUT2D eigenvalue weighted by Crippen LogP contribution is 2.08. The average molecular weight is 182 g/mol. The van der Waals surface area contributed by atoms with E-state index in [1.54, 1.807) is 18.9 Å². The summed E-state index contributed by atoms with van der Waals surface area (Å²) in [6, 6.07) is 2.18. The van der Waals surface area contributed by atoms with E-state index in [0.29, 0.717) is 0 Å². The van der Waals surface area contributed by atoms with Gasteiger partial charge < -0.3 is 4.90 Å². The largest absolute Gasteiger partial charge is 0.342 e. The summed E-state index contributed by atoms with van der Waals surface area (Å²) in [5, 5.41) is 8.57. The molecule has 0 aromatic heterocycles. The Morgan fingerprint density at radius 2 is 2.08 bits per heavy atom. The third kappa shape index (κ3) is 3.45. The molecule has 0 aliphatic rings. The van der Waals surface area contributed by atoms with E-state index in [0.717, 1.165) is 12.8 Å². The highest BCUT2D eigenvalue weighted by Gasteiger charge is 2.20. The van der Waals surface area contributed by atoms with E-state index < -0.39 is 5.92 Å². The van der Waals surface area contributed by atoms with Crippen LogP contribution in [0.1, 0.15) is 33.6 Å². The fourth-order valence-electron chi connectivity index (χ4n) is 1.19. The number of hydrogen-bond acceptors (Lipinski definition) is 2. The van der Waals surface area contributed by atoms with Gasteiger partial charge >= 0.3 is 0 Å². The average Bonchev–Trinajstić information content (AvgIpc) is 2.14. The summed E-state index contributed by atoms with van der Waals surface area (Å²) in [6.45, 7) is 5.73. The van der Waals surface area contributed by atoms with Crippen molar-refractivity contribution in [3.63, 3.8) is 0 Å². The molecule has 0 spiro atoms. The number of carbonyl (C=O) groups is 1. The van der Waals surface area contributed by atoms with Gasteiger partial charge in [-0.05, 0) is 20.3 Å². The summed E-state index contributed by atoms with van der Waals surface area (Å²) in [6.07, 6.45) is 2.04. The van der Waals surface area contributed by atoms with Gasteiger partial charge in [-0.2, -0.15) is 5.26 Å². The fourth-order valence-corrected chi connectivity index (χ4v) is 1.19. The van der Waals surface area contributed by atoms with Crippen LogP contribution in [0.4, 0.5) is 0 Å². The van der Waals surface area contributed by atoms with E-state index in [2.05, 4.69) is 6.92 Å². The Morgan fingerprint density at radius 3 is 2.46 bits per heavy atom. The number of amides is 1. The van der Waals surface area contributed by atoms with Gasteiger partial charge in [0.05, 0.1) is 6.07 Å². The molecule has 0 rings (SSSR count). The topological polar surface area (TPSA) is 44.1 Å². The lowest BCUT2D eigenvalue weighted by Gasteiger charge is -2.25. The monoisotopic (exact) mass is 182 g/mol. The van der Waals surface area contributed by atoms with E-state index in [9.17, 15) is 4.79 Å². The SMILES string of the molecule is CCCC(C)N(C)C(=O)C(C)C#N. The van der Waals surface area contributed by atoms with Crippen LogP contribution in [0.15, 0.2) is 0 Å². The standard InChI is InChI=1S/C10H18N2O/c1-5-6-9(3)12(4)10(13)8(2)7-11/h8-9H,5-6H2,1-4H3. The minimum Gasteiger partial charge on any atom is -0.342 e. The van der Waals surface area contributed by atoms with Crippen LogP contribution < -0.4 is 0 Å². The molecular weight excluding hydrogens is 164 g/mol. The molecule has 0 fully saturated rings. The van der Waals surface area contributed by atoms with E-state index in [1.807, 2.05) is 13.0 Å². The molecule has 1 amide bonds. The lowest BCUT2D eigenvalue weighted by molar-refractivity contribution is -0.133. The van der Waals surface area contributed by atoms with Gasteiger partial charge in [-0.25, -0.2) is 0 Å². The summed E-state index contributed by atoms with van der Waals surface area (Å²) in [5.74, 6) is -0.604. The fraction of sp³-hybridized carbons (Fsp3) is 0.800. The van der Waals surface area contributed by atoms with Crippen LogP contribution in [0.2, 0.25) is 0 Å². The summed E-state index contributed by atoms with van der Waals surface area (Å²) in [5.41, 5.74) is 0. The van der Waals surface area contributed by atoms with Crippen LogP contribution in [0, 0.1) is 17.2 Å². The normalized spacial score (nSPS) is 14.4. The Hall–Kier alpha value is -1.04. The highest BCUT2D eigenvalue weighted by molar-refractivity contribution is 5.80. The van der Waals surface area contributed by atoms with Crippen LogP contribution >= 0.6 is 0 Å². The van der Waals surface area contributed by atoms with Gasteiger partial charge in [0.1, 0.15) is 5.92 Å². The first-order valence-electron chi connectivity index (χ1n) is 4.70. The Labute approximate surface area is 80.3 Å². The summed E-state index contributed by atoms with van der Waals surface area (Å²) < 4.78 is 0. The molecule has 0 N–H and O–H groups in total. The van der Waals surface area contributed by atoms with Crippen LogP contribution in [-0.4, -0.2) is 23.9 Å². The summed E-state index contributed by atoms with van der Waals surface area (Å²) in [7, 11) is 1.76. The van der Waals surface area contributed by atoms with Crippen molar-refractivity contribution in [2.24, 2.45) is 5.92 Å². The molecule has 0 saturated heterocycles. The number of hydrogen-bond donors (Lipinski definition) is 0. The minimum atomic E-state index is -0.524. The van der Waals surface area contributed by atoms with Gasteiger partial charge in [0.15, 0.2) is 0 Å². The van der Waals surface area contributed by atoms with Crippen molar-refractivity contribution in [1.82, 2.24) is 4.90 Å². The zero-order chi connectivity index (χ0) is 10.4. The molecule has 0 heterocycles. The Balaban J connectivity index is 4.18. The predicted molar refractivity (Wildman–Crippen MR) is 51.9 cm³/mol. The molecule has 13 heavy (non-hydrogen) atoms. The van der Waals surface area contributed by atoms with Crippen molar-refractivity contribution in [3.05, 3.63) is 0 Å². The molecule has 2 atom stereocenters. The molecule has 0 bridgehead atoms. The van der Waals surface area contributed by atoms with Crippen LogP contribution in [0.25, 0.3) is 0 Å². The molecule has 2 unspecified atom stereocenters. The second kappa shape index (κ2) is 5.58. The van der Waals surface area contributed by atoms with E-state index in [1.165, 1.54) is 0 Å². The second-order valence-electron chi connectivity index (χ2n) is 3.44. The second-order valence-corrected chi connectivity index (χ2v) is 3.44. The molecule has 0 aliphatic heterocycles. The van der Waals surface area contributed by atoms with Gasteiger partial charge in [-0.3, -0.25) is 4.79 Å². The molecule has 74 valence electrons. The van der Waals surface area contributed by atoms with Crippen molar-refractivity contribution < 1.29 is 4.79 Å². The van der Waals surface area contributed by atoms with E-state index in [4.69, 9.17) is 5.26 Å². The maximum absolute atomic E-state index is 11.5. The van der Waals surface area contributed by atoms with E-state index in [-0.39, 0.29) is 11.9 Å². The Morgan fingerprint density at radius 1 is 1.54 bits per heavy atom. The molecule has 3 heteroatoms. The third-order valence-corrected chi connectivity index (χ3v) is 2.28. The first-order chi connectivity index (χ1) is 6.04. The lowest BCUT2D eigenvalue weighted by Crippen LogP contribution is -2.37. The first kappa shape index (κ1) is 12.0. The van der Waals surface area contributed by atoms with Crippen molar-refractivity contribution in [2.75, 3.05) is 7.05 Å². The summed E-state index contributed by atoms with van der Waals surface area (Å²) >= 11 is 0. The van der Waals surface area contributed by atoms with Gasteiger partial charge in [-0.15, -0.1) is 0 Å². The Bertz CT molecular complexity index is 207. The van der Waals surface area contributed by atoms with Crippen molar-refractivity contribution in [3.8, 4) is 6.07 Å². The quantitative estimate of drug-likeness (QED) is 0.665. The molecule has 0 radical (unpaired) electrons. The van der Waals surface area contributed by atoms with Crippen molar-refractivity contribution in [1.29, 1.82) is 5.26 Å². The smallest absolute Gasteiger partial charge is 0.239 e. The lowest BCUT2D eigenvalue weighted by atomic mass is 10.1. The zero-order valence-electron chi connectivity index (χ0n) is 8.87. The van der Waals surface area contributed by atoms with Gasteiger partial charge in [-0.1, -0.05) is 13.3 Å². The molecular formula is C10H18N2O. The Kier molecular flexibility index (Phi) is 5.13. The van der Waals surface area contributed by atoms with Gasteiger partial charge in [0, 0.05) is 13.1 Å². The van der Waals surface area contributed by atoms with Crippen LogP contribution in [0.5, 0.6) is 0 Å². The maximum atomic E-state index is 11.5. The molecule has 0 aromatic carbocycles. The first-order valence-corrected chi connectivity index (χ1v) is 4.70. The van der Waals surface area contributed by atoms with Gasteiger partial charge in [0.25, 0.3) is 0 Å². The predicted octanol–water partition coefficient (Wildman–Crippen LogP) is 1.79. The molecule has 3 nitrogen and oxygen atoms in total. The number of rotatable bonds is 4. The minimum absolute atomic E-state index is 0.0801. The third-order valence-electron chi connectivity index (χ3n) is 2.28. The molecule has 0 aromatic rings. The number of carbonyl (C=O) groups excluding carboxylic acids is 1.